The van der Waals surface area contributed by atoms with E-state index in [9.17, 15) is 13.2 Å². The summed E-state index contributed by atoms with van der Waals surface area (Å²) in [6, 6.07) is 8.33. The third-order valence-corrected chi connectivity index (χ3v) is 8.49. The molecule has 2 aliphatic rings. The largest absolute Gasteiger partial charge is 0.207 e. The molecule has 32 heavy (non-hydrogen) atoms. The average Bonchev–Trinajstić information content (AvgIpc) is 2.80. The van der Waals surface area contributed by atoms with E-state index in [1.807, 2.05) is 0 Å². The van der Waals surface area contributed by atoms with E-state index in [0.717, 1.165) is 54.9 Å². The highest BCUT2D eigenvalue weighted by Gasteiger charge is 2.29. The summed E-state index contributed by atoms with van der Waals surface area (Å²) >= 11 is 0. The van der Waals surface area contributed by atoms with Gasteiger partial charge in [-0.05, 0) is 110 Å². The molecule has 4 rings (SSSR count). The van der Waals surface area contributed by atoms with Crippen LogP contribution in [-0.4, -0.2) is 0 Å². The van der Waals surface area contributed by atoms with Crippen LogP contribution in [-0.2, 0) is 0 Å². The van der Waals surface area contributed by atoms with E-state index in [1.165, 1.54) is 74.9 Å². The molecule has 0 saturated heterocycles. The van der Waals surface area contributed by atoms with Gasteiger partial charge in [0, 0.05) is 0 Å². The highest BCUT2D eigenvalue weighted by Crippen LogP contribution is 2.43. The SMILES string of the molecule is CCC1CCC(C(C)CC2CCC(c3cc(F)c(-c4ccc(F)cc4)c(F)c3)CC2)CC1. The Morgan fingerprint density at radius 3 is 1.91 bits per heavy atom. The molecule has 2 saturated carbocycles. The van der Waals surface area contributed by atoms with E-state index in [2.05, 4.69) is 13.8 Å². The molecule has 1 atom stereocenters. The van der Waals surface area contributed by atoms with E-state index in [1.54, 1.807) is 0 Å². The third kappa shape index (κ3) is 5.41. The summed E-state index contributed by atoms with van der Waals surface area (Å²) in [7, 11) is 0. The van der Waals surface area contributed by atoms with Gasteiger partial charge in [0.1, 0.15) is 17.5 Å². The van der Waals surface area contributed by atoms with Crippen molar-refractivity contribution in [1.82, 2.24) is 0 Å². The van der Waals surface area contributed by atoms with Gasteiger partial charge in [0.15, 0.2) is 0 Å². The lowest BCUT2D eigenvalue weighted by Crippen LogP contribution is -2.23. The Morgan fingerprint density at radius 1 is 0.781 bits per heavy atom. The molecule has 2 aromatic rings. The highest BCUT2D eigenvalue weighted by atomic mass is 19.1. The molecule has 2 aromatic carbocycles. The fourth-order valence-corrected chi connectivity index (χ4v) is 6.34. The lowest BCUT2D eigenvalue weighted by atomic mass is 9.70. The Bertz CT molecular complexity index is 849. The van der Waals surface area contributed by atoms with Crippen LogP contribution in [0.4, 0.5) is 13.2 Å². The van der Waals surface area contributed by atoms with Gasteiger partial charge in [-0.2, -0.15) is 0 Å². The molecule has 0 nitrogen and oxygen atoms in total. The van der Waals surface area contributed by atoms with E-state index >= 15 is 0 Å². The van der Waals surface area contributed by atoms with Gasteiger partial charge in [0.2, 0.25) is 0 Å². The second-order valence-corrected chi connectivity index (χ2v) is 10.5. The molecule has 2 aliphatic carbocycles. The predicted octanol–water partition coefficient (Wildman–Crippen LogP) is 9.29. The van der Waals surface area contributed by atoms with Crippen molar-refractivity contribution in [3.8, 4) is 11.1 Å². The van der Waals surface area contributed by atoms with Crippen molar-refractivity contribution in [1.29, 1.82) is 0 Å². The quantitative estimate of drug-likeness (QED) is 0.418. The molecule has 0 spiro atoms. The van der Waals surface area contributed by atoms with E-state index in [4.69, 9.17) is 0 Å². The van der Waals surface area contributed by atoms with Crippen LogP contribution < -0.4 is 0 Å². The summed E-state index contributed by atoms with van der Waals surface area (Å²) in [5.74, 6) is 2.09. The van der Waals surface area contributed by atoms with E-state index < -0.39 is 17.5 Å². The lowest BCUT2D eigenvalue weighted by molar-refractivity contribution is 0.172. The molecule has 0 bridgehead atoms. The van der Waals surface area contributed by atoms with Crippen LogP contribution >= 0.6 is 0 Å². The number of rotatable bonds is 6. The maximum Gasteiger partial charge on any atom is 0.134 e. The summed E-state index contributed by atoms with van der Waals surface area (Å²) < 4.78 is 42.8. The first-order valence-corrected chi connectivity index (χ1v) is 12.7. The Kier molecular flexibility index (Phi) is 7.63. The molecule has 2 fully saturated rings. The minimum Gasteiger partial charge on any atom is -0.207 e. The second-order valence-electron chi connectivity index (χ2n) is 10.5. The fraction of sp³-hybridized carbons (Fsp3) is 0.586. The maximum atomic E-state index is 14.8. The van der Waals surface area contributed by atoms with Crippen LogP contribution in [0.3, 0.4) is 0 Å². The van der Waals surface area contributed by atoms with Crippen LogP contribution in [0.1, 0.15) is 89.5 Å². The first-order chi connectivity index (χ1) is 15.4. The van der Waals surface area contributed by atoms with Crippen LogP contribution in [0.5, 0.6) is 0 Å². The molecule has 174 valence electrons. The highest BCUT2D eigenvalue weighted by molar-refractivity contribution is 5.65. The Morgan fingerprint density at radius 2 is 1.34 bits per heavy atom. The molecule has 0 N–H and O–H groups in total. The van der Waals surface area contributed by atoms with Crippen molar-refractivity contribution in [3.05, 3.63) is 59.4 Å². The van der Waals surface area contributed by atoms with Gasteiger partial charge in [-0.1, -0.05) is 45.2 Å². The normalized spacial score (nSPS) is 27.3. The van der Waals surface area contributed by atoms with Crippen molar-refractivity contribution in [2.75, 3.05) is 0 Å². The molecule has 1 unspecified atom stereocenters. The van der Waals surface area contributed by atoms with Crippen LogP contribution in [0.2, 0.25) is 0 Å². The van der Waals surface area contributed by atoms with Gasteiger partial charge in [-0.25, -0.2) is 13.2 Å². The number of hydrogen-bond donors (Lipinski definition) is 0. The van der Waals surface area contributed by atoms with Gasteiger partial charge in [-0.15, -0.1) is 0 Å². The molecule has 0 amide bonds. The molecular formula is C29H37F3. The zero-order chi connectivity index (χ0) is 22.7. The number of benzene rings is 2. The zero-order valence-corrected chi connectivity index (χ0v) is 19.6. The smallest absolute Gasteiger partial charge is 0.134 e. The minimum atomic E-state index is -0.551. The van der Waals surface area contributed by atoms with E-state index in [0.29, 0.717) is 5.56 Å². The molecule has 0 radical (unpaired) electrons. The van der Waals surface area contributed by atoms with Gasteiger partial charge < -0.3 is 0 Å². The Balaban J connectivity index is 1.33. The van der Waals surface area contributed by atoms with Gasteiger partial charge in [0.05, 0.1) is 5.56 Å². The average molecular weight is 443 g/mol. The van der Waals surface area contributed by atoms with Crippen molar-refractivity contribution in [2.24, 2.45) is 23.7 Å². The number of halogens is 3. The molecular weight excluding hydrogens is 405 g/mol. The monoisotopic (exact) mass is 442 g/mol. The Hall–Kier alpha value is -1.77. The zero-order valence-electron chi connectivity index (χ0n) is 19.6. The topological polar surface area (TPSA) is 0 Å². The molecule has 3 heteroatoms. The summed E-state index contributed by atoms with van der Waals surface area (Å²) in [4.78, 5) is 0. The van der Waals surface area contributed by atoms with Crippen LogP contribution in [0.15, 0.2) is 36.4 Å². The fourth-order valence-electron chi connectivity index (χ4n) is 6.34. The summed E-state index contributed by atoms with van der Waals surface area (Å²) in [6.45, 7) is 4.77. The Labute approximate surface area is 191 Å². The summed E-state index contributed by atoms with van der Waals surface area (Å²) in [5, 5.41) is 0. The summed E-state index contributed by atoms with van der Waals surface area (Å²) in [5.41, 5.74) is 1.09. The van der Waals surface area contributed by atoms with Gasteiger partial charge in [0.25, 0.3) is 0 Å². The predicted molar refractivity (Wildman–Crippen MR) is 126 cm³/mol. The van der Waals surface area contributed by atoms with Crippen LogP contribution in [0.25, 0.3) is 11.1 Å². The maximum absolute atomic E-state index is 14.8. The molecule has 0 aliphatic heterocycles. The lowest BCUT2D eigenvalue weighted by Gasteiger charge is -2.35. The van der Waals surface area contributed by atoms with Crippen molar-refractivity contribution in [3.63, 3.8) is 0 Å². The summed E-state index contributed by atoms with van der Waals surface area (Å²) in [6.07, 6.45) is 12.6. The van der Waals surface area contributed by atoms with Crippen molar-refractivity contribution < 1.29 is 13.2 Å². The van der Waals surface area contributed by atoms with Gasteiger partial charge in [-0.3, -0.25) is 0 Å². The third-order valence-electron chi connectivity index (χ3n) is 8.49. The van der Waals surface area contributed by atoms with Crippen molar-refractivity contribution >= 4 is 0 Å². The minimum absolute atomic E-state index is 0.0611. The molecule has 0 heterocycles. The van der Waals surface area contributed by atoms with E-state index in [-0.39, 0.29) is 11.5 Å². The number of hydrogen-bond acceptors (Lipinski definition) is 0. The van der Waals surface area contributed by atoms with Crippen LogP contribution in [0, 0.1) is 41.1 Å². The van der Waals surface area contributed by atoms with Crippen molar-refractivity contribution in [2.45, 2.75) is 84.0 Å². The first kappa shape index (κ1) is 23.4. The second kappa shape index (κ2) is 10.4. The standard InChI is InChI=1S/C29H37F3/c1-3-20-4-8-22(9-5-20)19(2)16-21-6-10-23(11-7-21)25-17-27(31)29(28(32)18-25)24-12-14-26(30)15-13-24/h12-15,17-23H,3-11,16H2,1-2H3. The van der Waals surface area contributed by atoms with Gasteiger partial charge >= 0.3 is 0 Å². The first-order valence-electron chi connectivity index (χ1n) is 12.7. The molecule has 0 aromatic heterocycles.